The number of hydrogen-bond donors (Lipinski definition) is 1. The van der Waals surface area contributed by atoms with Crippen molar-refractivity contribution < 1.29 is 22.7 Å². The highest BCUT2D eigenvalue weighted by Gasteiger charge is 2.26. The van der Waals surface area contributed by atoms with Crippen molar-refractivity contribution in [3.05, 3.63) is 53.6 Å². The van der Waals surface area contributed by atoms with Crippen molar-refractivity contribution in [1.82, 2.24) is 4.31 Å². The van der Waals surface area contributed by atoms with Crippen LogP contribution in [0.2, 0.25) is 5.02 Å². The van der Waals surface area contributed by atoms with Crippen molar-refractivity contribution >= 4 is 33.2 Å². The van der Waals surface area contributed by atoms with Gasteiger partial charge in [-0.05, 0) is 55.0 Å². The molecule has 2 aromatic carbocycles. The van der Waals surface area contributed by atoms with Gasteiger partial charge >= 0.3 is 0 Å². The fourth-order valence-corrected chi connectivity index (χ4v) is 4.40. The van der Waals surface area contributed by atoms with Crippen LogP contribution in [0.3, 0.4) is 0 Å². The minimum atomic E-state index is -3.57. The van der Waals surface area contributed by atoms with Gasteiger partial charge in [-0.2, -0.15) is 4.31 Å². The quantitative estimate of drug-likeness (QED) is 0.717. The highest BCUT2D eigenvalue weighted by molar-refractivity contribution is 7.89. The van der Waals surface area contributed by atoms with E-state index in [4.69, 9.17) is 21.1 Å². The first-order valence-corrected chi connectivity index (χ1v) is 11.1. The molecule has 9 heteroatoms. The topological polar surface area (TPSA) is 84.9 Å². The fourth-order valence-electron chi connectivity index (χ4n) is 2.87. The van der Waals surface area contributed by atoms with Gasteiger partial charge in [0.05, 0.1) is 18.1 Å². The molecular weight excluding hydrogens is 416 g/mol. The first kappa shape index (κ1) is 21.6. The Morgan fingerprint density at radius 3 is 2.34 bits per heavy atom. The molecule has 0 aromatic heterocycles. The van der Waals surface area contributed by atoms with E-state index in [1.807, 2.05) is 6.92 Å². The average Bonchev–Trinajstić information content (AvgIpc) is 2.74. The van der Waals surface area contributed by atoms with E-state index in [1.54, 1.807) is 36.4 Å². The van der Waals surface area contributed by atoms with Gasteiger partial charge in [-0.1, -0.05) is 18.5 Å². The maximum atomic E-state index is 12.7. The van der Waals surface area contributed by atoms with Gasteiger partial charge in [0.1, 0.15) is 5.75 Å². The molecule has 3 rings (SSSR count). The van der Waals surface area contributed by atoms with Gasteiger partial charge in [0.2, 0.25) is 10.0 Å². The zero-order valence-electron chi connectivity index (χ0n) is 16.0. The Hall–Kier alpha value is -2.13. The molecule has 1 fully saturated rings. The second-order valence-corrected chi connectivity index (χ2v) is 8.87. The molecule has 2 aromatic rings. The summed E-state index contributed by atoms with van der Waals surface area (Å²) in [7, 11) is -3.57. The number of halogens is 1. The molecule has 1 heterocycles. The molecule has 1 N–H and O–H groups in total. The number of sulfonamides is 1. The SMILES string of the molecule is CC[C@H](Oc1ccc(Cl)cc1)C(=O)Nc1ccc(S(=O)(=O)N2CCOCC2)cc1. The third kappa shape index (κ3) is 5.48. The summed E-state index contributed by atoms with van der Waals surface area (Å²) in [5.41, 5.74) is 0.495. The van der Waals surface area contributed by atoms with Gasteiger partial charge < -0.3 is 14.8 Å². The summed E-state index contributed by atoms with van der Waals surface area (Å²) in [6, 6.07) is 12.9. The molecule has 1 amide bonds. The zero-order chi connectivity index (χ0) is 20.9. The largest absolute Gasteiger partial charge is 0.481 e. The van der Waals surface area contributed by atoms with E-state index in [2.05, 4.69) is 5.32 Å². The number of rotatable bonds is 7. The van der Waals surface area contributed by atoms with Crippen LogP contribution < -0.4 is 10.1 Å². The van der Waals surface area contributed by atoms with E-state index < -0.39 is 16.1 Å². The maximum Gasteiger partial charge on any atom is 0.265 e. The first-order valence-electron chi connectivity index (χ1n) is 9.31. The average molecular weight is 439 g/mol. The van der Waals surface area contributed by atoms with E-state index in [0.717, 1.165) is 0 Å². The summed E-state index contributed by atoms with van der Waals surface area (Å²) in [6.07, 6.45) is -0.217. The molecule has 0 spiro atoms. The minimum absolute atomic E-state index is 0.182. The maximum absolute atomic E-state index is 12.7. The van der Waals surface area contributed by atoms with Crippen LogP contribution in [-0.2, 0) is 19.6 Å². The van der Waals surface area contributed by atoms with E-state index >= 15 is 0 Å². The molecule has 0 radical (unpaired) electrons. The Kier molecular flexibility index (Phi) is 7.13. The lowest BCUT2D eigenvalue weighted by Crippen LogP contribution is -2.40. The zero-order valence-corrected chi connectivity index (χ0v) is 17.6. The van der Waals surface area contributed by atoms with Crippen LogP contribution in [0, 0.1) is 0 Å². The molecule has 7 nitrogen and oxygen atoms in total. The number of carbonyl (C=O) groups is 1. The molecule has 1 saturated heterocycles. The number of anilines is 1. The number of amides is 1. The number of carbonyl (C=O) groups excluding carboxylic acids is 1. The van der Waals surface area contributed by atoms with Crippen molar-refractivity contribution in [2.24, 2.45) is 0 Å². The predicted octanol–water partition coefficient (Wildman–Crippen LogP) is 3.16. The highest BCUT2D eigenvalue weighted by atomic mass is 35.5. The van der Waals surface area contributed by atoms with Gasteiger partial charge in [-0.25, -0.2) is 8.42 Å². The summed E-state index contributed by atoms with van der Waals surface area (Å²) in [5, 5.41) is 3.35. The number of hydrogen-bond acceptors (Lipinski definition) is 5. The molecule has 1 atom stereocenters. The summed E-state index contributed by atoms with van der Waals surface area (Å²) < 4.78 is 37.6. The molecular formula is C20H23ClN2O5S. The second kappa shape index (κ2) is 9.58. The van der Waals surface area contributed by atoms with Crippen LogP contribution in [0.1, 0.15) is 13.3 Å². The Labute approximate surface area is 175 Å². The van der Waals surface area contributed by atoms with Crippen LogP contribution in [0.5, 0.6) is 5.75 Å². The van der Waals surface area contributed by atoms with Crippen LogP contribution in [0.4, 0.5) is 5.69 Å². The lowest BCUT2D eigenvalue weighted by molar-refractivity contribution is -0.122. The normalized spacial score (nSPS) is 16.2. The van der Waals surface area contributed by atoms with E-state index in [0.29, 0.717) is 49.2 Å². The van der Waals surface area contributed by atoms with Gasteiger partial charge in [0, 0.05) is 23.8 Å². The smallest absolute Gasteiger partial charge is 0.265 e. The third-order valence-electron chi connectivity index (χ3n) is 4.48. The predicted molar refractivity (Wildman–Crippen MR) is 111 cm³/mol. The van der Waals surface area contributed by atoms with E-state index in [1.165, 1.54) is 16.4 Å². The lowest BCUT2D eigenvalue weighted by atomic mass is 10.2. The van der Waals surface area contributed by atoms with Crippen LogP contribution in [-0.4, -0.2) is 51.0 Å². The van der Waals surface area contributed by atoms with Crippen LogP contribution in [0.25, 0.3) is 0 Å². The van der Waals surface area contributed by atoms with Crippen LogP contribution >= 0.6 is 11.6 Å². The fraction of sp³-hybridized carbons (Fsp3) is 0.350. The van der Waals surface area contributed by atoms with E-state index in [-0.39, 0.29) is 10.8 Å². The Morgan fingerprint density at radius 1 is 1.14 bits per heavy atom. The molecule has 29 heavy (non-hydrogen) atoms. The van der Waals surface area contributed by atoms with Gasteiger partial charge in [-0.15, -0.1) is 0 Å². The van der Waals surface area contributed by atoms with Gasteiger partial charge in [-0.3, -0.25) is 4.79 Å². The molecule has 1 aliphatic heterocycles. The van der Waals surface area contributed by atoms with Crippen molar-refractivity contribution in [2.45, 2.75) is 24.3 Å². The summed E-state index contributed by atoms with van der Waals surface area (Å²) in [4.78, 5) is 12.7. The van der Waals surface area contributed by atoms with Gasteiger partial charge in [0.25, 0.3) is 5.91 Å². The molecule has 0 aliphatic carbocycles. The Balaban J connectivity index is 1.64. The number of benzene rings is 2. The number of ether oxygens (including phenoxy) is 2. The number of nitrogens with one attached hydrogen (secondary N) is 1. The first-order chi connectivity index (χ1) is 13.9. The monoisotopic (exact) mass is 438 g/mol. The number of nitrogens with zero attached hydrogens (tertiary/aromatic N) is 1. The third-order valence-corrected chi connectivity index (χ3v) is 6.65. The molecule has 0 unspecified atom stereocenters. The lowest BCUT2D eigenvalue weighted by Gasteiger charge is -2.26. The van der Waals surface area contributed by atoms with Crippen molar-refractivity contribution in [3.8, 4) is 5.75 Å². The molecule has 0 bridgehead atoms. The summed E-state index contributed by atoms with van der Waals surface area (Å²) in [5.74, 6) is 0.231. The van der Waals surface area contributed by atoms with Crippen molar-refractivity contribution in [1.29, 1.82) is 0 Å². The summed E-state index contributed by atoms with van der Waals surface area (Å²) >= 11 is 5.86. The van der Waals surface area contributed by atoms with Gasteiger partial charge in [0.15, 0.2) is 6.10 Å². The van der Waals surface area contributed by atoms with Crippen molar-refractivity contribution in [3.63, 3.8) is 0 Å². The second-order valence-electron chi connectivity index (χ2n) is 6.50. The standard InChI is InChI=1S/C20H23ClN2O5S/c1-2-19(28-17-7-3-15(21)4-8-17)20(24)22-16-5-9-18(10-6-16)29(25,26)23-11-13-27-14-12-23/h3-10,19H,2,11-14H2,1H3,(H,22,24)/t19-/m0/s1. The van der Waals surface area contributed by atoms with E-state index in [9.17, 15) is 13.2 Å². The Morgan fingerprint density at radius 2 is 1.76 bits per heavy atom. The minimum Gasteiger partial charge on any atom is -0.481 e. The highest BCUT2D eigenvalue weighted by Crippen LogP contribution is 2.21. The van der Waals surface area contributed by atoms with Crippen molar-refractivity contribution in [2.75, 3.05) is 31.6 Å². The molecule has 0 saturated carbocycles. The summed E-state index contributed by atoms with van der Waals surface area (Å²) in [6.45, 7) is 3.29. The molecule has 1 aliphatic rings. The number of morpholine rings is 1. The Bertz CT molecular complexity index is 926. The molecule has 156 valence electrons. The van der Waals surface area contributed by atoms with Crippen LogP contribution in [0.15, 0.2) is 53.4 Å².